The van der Waals surface area contributed by atoms with E-state index in [1.165, 1.54) is 19.2 Å². The van der Waals surface area contributed by atoms with Crippen LogP contribution in [0.3, 0.4) is 0 Å². The molecule has 82 valence electrons. The van der Waals surface area contributed by atoms with Crippen LogP contribution in [-0.4, -0.2) is 31.3 Å². The first-order valence-corrected chi connectivity index (χ1v) is 4.41. The second kappa shape index (κ2) is 5.31. The SMILES string of the molecule is COc1ccc(C(=O)NCCO)cc1F. The van der Waals surface area contributed by atoms with E-state index < -0.39 is 11.7 Å². The molecular weight excluding hydrogens is 201 g/mol. The summed E-state index contributed by atoms with van der Waals surface area (Å²) in [5, 5.41) is 10.9. The molecule has 0 aliphatic carbocycles. The number of carbonyl (C=O) groups excluding carboxylic acids is 1. The van der Waals surface area contributed by atoms with Gasteiger partial charge in [-0.25, -0.2) is 4.39 Å². The largest absolute Gasteiger partial charge is 0.494 e. The van der Waals surface area contributed by atoms with Gasteiger partial charge in [0.15, 0.2) is 11.6 Å². The highest BCUT2D eigenvalue weighted by atomic mass is 19.1. The third-order valence-corrected chi connectivity index (χ3v) is 1.81. The summed E-state index contributed by atoms with van der Waals surface area (Å²) in [6, 6.07) is 3.92. The number of nitrogens with one attached hydrogen (secondary N) is 1. The molecule has 1 rings (SSSR count). The molecule has 4 nitrogen and oxygen atoms in total. The van der Waals surface area contributed by atoms with Crippen molar-refractivity contribution < 1.29 is 19.0 Å². The van der Waals surface area contributed by atoms with Crippen LogP contribution in [0.25, 0.3) is 0 Å². The molecule has 0 fully saturated rings. The number of halogens is 1. The molecule has 2 N–H and O–H groups in total. The molecule has 0 aliphatic heterocycles. The summed E-state index contributed by atoms with van der Waals surface area (Å²) in [5.41, 5.74) is 0.196. The van der Waals surface area contributed by atoms with Gasteiger partial charge in [0.1, 0.15) is 0 Å². The Hall–Kier alpha value is -1.62. The van der Waals surface area contributed by atoms with Crippen LogP contribution >= 0.6 is 0 Å². The average molecular weight is 213 g/mol. The van der Waals surface area contributed by atoms with Gasteiger partial charge >= 0.3 is 0 Å². The van der Waals surface area contributed by atoms with Gasteiger partial charge in [-0.1, -0.05) is 0 Å². The lowest BCUT2D eigenvalue weighted by molar-refractivity contribution is 0.0944. The molecule has 0 unspecified atom stereocenters. The van der Waals surface area contributed by atoms with Gasteiger partial charge in [0, 0.05) is 12.1 Å². The lowest BCUT2D eigenvalue weighted by Gasteiger charge is -2.05. The molecule has 0 aromatic heterocycles. The number of ether oxygens (including phenoxy) is 1. The number of aliphatic hydroxyl groups is 1. The Kier molecular flexibility index (Phi) is 4.05. The minimum Gasteiger partial charge on any atom is -0.494 e. The topological polar surface area (TPSA) is 58.6 Å². The van der Waals surface area contributed by atoms with Crippen molar-refractivity contribution in [3.63, 3.8) is 0 Å². The Labute approximate surface area is 86.7 Å². The van der Waals surface area contributed by atoms with Gasteiger partial charge in [-0.2, -0.15) is 0 Å². The number of amides is 1. The summed E-state index contributed by atoms with van der Waals surface area (Å²) in [6.07, 6.45) is 0. The first-order valence-electron chi connectivity index (χ1n) is 4.41. The van der Waals surface area contributed by atoms with Crippen molar-refractivity contribution in [2.45, 2.75) is 0 Å². The Morgan fingerprint density at radius 2 is 2.33 bits per heavy atom. The van der Waals surface area contributed by atoms with Crippen LogP contribution in [0.5, 0.6) is 5.75 Å². The van der Waals surface area contributed by atoms with Gasteiger partial charge < -0.3 is 15.2 Å². The van der Waals surface area contributed by atoms with Crippen LogP contribution in [0.4, 0.5) is 4.39 Å². The van der Waals surface area contributed by atoms with Crippen molar-refractivity contribution in [3.8, 4) is 5.75 Å². The Bertz CT molecular complexity index is 355. The maximum atomic E-state index is 13.2. The third-order valence-electron chi connectivity index (χ3n) is 1.81. The average Bonchev–Trinajstić information content (AvgIpc) is 2.25. The Morgan fingerprint density at radius 1 is 1.60 bits per heavy atom. The molecule has 0 bridgehead atoms. The van der Waals surface area contributed by atoms with Crippen LogP contribution in [-0.2, 0) is 0 Å². The number of carbonyl (C=O) groups is 1. The van der Waals surface area contributed by atoms with Crippen LogP contribution in [0.2, 0.25) is 0 Å². The van der Waals surface area contributed by atoms with E-state index in [-0.39, 0.29) is 24.5 Å². The lowest BCUT2D eigenvalue weighted by atomic mass is 10.2. The third kappa shape index (κ3) is 2.92. The standard InChI is InChI=1S/C10H12FNO3/c1-15-9-3-2-7(6-8(9)11)10(14)12-4-5-13/h2-3,6,13H,4-5H2,1H3,(H,12,14). The van der Waals surface area contributed by atoms with E-state index in [1.54, 1.807) is 0 Å². The zero-order valence-corrected chi connectivity index (χ0v) is 8.29. The smallest absolute Gasteiger partial charge is 0.251 e. The monoisotopic (exact) mass is 213 g/mol. The Balaban J connectivity index is 2.78. The second-order valence-electron chi connectivity index (χ2n) is 2.83. The second-order valence-corrected chi connectivity index (χ2v) is 2.83. The molecule has 1 aromatic rings. The number of hydrogen-bond acceptors (Lipinski definition) is 3. The van der Waals surface area contributed by atoms with Crippen molar-refractivity contribution in [2.75, 3.05) is 20.3 Å². The highest BCUT2D eigenvalue weighted by Crippen LogP contribution is 2.17. The molecular formula is C10H12FNO3. The number of rotatable bonds is 4. The van der Waals surface area contributed by atoms with Gasteiger partial charge in [-0.05, 0) is 18.2 Å². The maximum absolute atomic E-state index is 13.2. The first kappa shape index (κ1) is 11.5. The molecule has 0 saturated carbocycles. The molecule has 0 heterocycles. The van der Waals surface area contributed by atoms with Gasteiger partial charge in [0.25, 0.3) is 5.91 Å². The van der Waals surface area contributed by atoms with E-state index in [0.29, 0.717) is 0 Å². The number of hydrogen-bond donors (Lipinski definition) is 2. The minimum atomic E-state index is -0.589. The van der Waals surface area contributed by atoms with E-state index in [0.717, 1.165) is 6.07 Å². The number of aliphatic hydroxyl groups excluding tert-OH is 1. The van der Waals surface area contributed by atoms with Crippen molar-refractivity contribution in [1.29, 1.82) is 0 Å². The van der Waals surface area contributed by atoms with E-state index in [1.807, 2.05) is 0 Å². The van der Waals surface area contributed by atoms with E-state index in [2.05, 4.69) is 5.32 Å². The van der Waals surface area contributed by atoms with E-state index >= 15 is 0 Å². The summed E-state index contributed by atoms with van der Waals surface area (Å²) < 4.78 is 17.9. The predicted molar refractivity (Wildman–Crippen MR) is 52.4 cm³/mol. The van der Waals surface area contributed by atoms with Gasteiger partial charge in [-0.3, -0.25) is 4.79 Å². The molecule has 0 spiro atoms. The number of benzene rings is 1. The van der Waals surface area contributed by atoms with Crippen molar-refractivity contribution in [1.82, 2.24) is 5.32 Å². The Morgan fingerprint density at radius 3 is 2.87 bits per heavy atom. The summed E-state index contributed by atoms with van der Waals surface area (Å²) in [4.78, 5) is 11.3. The van der Waals surface area contributed by atoms with Crippen molar-refractivity contribution in [3.05, 3.63) is 29.6 Å². The summed E-state index contributed by atoms with van der Waals surface area (Å²) >= 11 is 0. The molecule has 0 aliphatic rings. The zero-order valence-electron chi connectivity index (χ0n) is 8.29. The van der Waals surface area contributed by atoms with Crippen LogP contribution < -0.4 is 10.1 Å². The molecule has 15 heavy (non-hydrogen) atoms. The summed E-state index contributed by atoms with van der Waals surface area (Å²) in [7, 11) is 1.35. The predicted octanol–water partition coefficient (Wildman–Crippen LogP) is 0.556. The van der Waals surface area contributed by atoms with Crippen LogP contribution in [0.15, 0.2) is 18.2 Å². The molecule has 1 amide bonds. The zero-order chi connectivity index (χ0) is 11.3. The molecule has 0 atom stereocenters. The molecule has 0 saturated heterocycles. The maximum Gasteiger partial charge on any atom is 0.251 e. The van der Waals surface area contributed by atoms with Gasteiger partial charge in [-0.15, -0.1) is 0 Å². The summed E-state index contributed by atoms with van der Waals surface area (Å²) in [5.74, 6) is -0.923. The minimum absolute atomic E-state index is 0.0914. The quantitative estimate of drug-likeness (QED) is 0.768. The number of methoxy groups -OCH3 is 1. The normalized spacial score (nSPS) is 9.80. The van der Waals surface area contributed by atoms with Crippen molar-refractivity contribution >= 4 is 5.91 Å². The molecule has 0 radical (unpaired) electrons. The fourth-order valence-corrected chi connectivity index (χ4v) is 1.08. The van der Waals surface area contributed by atoms with Crippen LogP contribution in [0.1, 0.15) is 10.4 Å². The highest BCUT2D eigenvalue weighted by molar-refractivity contribution is 5.94. The first-order chi connectivity index (χ1) is 7.19. The van der Waals surface area contributed by atoms with Crippen LogP contribution in [0, 0.1) is 5.82 Å². The fourth-order valence-electron chi connectivity index (χ4n) is 1.08. The molecule has 5 heteroatoms. The molecule has 1 aromatic carbocycles. The van der Waals surface area contributed by atoms with E-state index in [9.17, 15) is 9.18 Å². The van der Waals surface area contributed by atoms with Crippen molar-refractivity contribution in [2.24, 2.45) is 0 Å². The summed E-state index contributed by atoms with van der Waals surface area (Å²) in [6.45, 7) is -0.00312. The van der Waals surface area contributed by atoms with E-state index in [4.69, 9.17) is 9.84 Å². The lowest BCUT2D eigenvalue weighted by Crippen LogP contribution is -2.26. The van der Waals surface area contributed by atoms with Gasteiger partial charge in [0.05, 0.1) is 13.7 Å². The highest BCUT2D eigenvalue weighted by Gasteiger charge is 2.08. The fraction of sp³-hybridized carbons (Fsp3) is 0.300. The van der Waals surface area contributed by atoms with Gasteiger partial charge in [0.2, 0.25) is 0 Å².